The number of nitrogens with zero attached hydrogens (tertiary/aromatic N) is 4. The van der Waals surface area contributed by atoms with Crippen molar-refractivity contribution in [1.82, 2.24) is 24.8 Å². The average Bonchev–Trinajstić information content (AvgIpc) is 2.93. The van der Waals surface area contributed by atoms with Crippen LogP contribution < -0.4 is 5.56 Å². The Balaban J connectivity index is 1.85. The number of ketones is 1. The molecule has 3 rings (SSSR count). The van der Waals surface area contributed by atoms with Crippen molar-refractivity contribution >= 4 is 34.9 Å². The Bertz CT molecular complexity index is 988. The van der Waals surface area contributed by atoms with E-state index in [1.54, 1.807) is 24.3 Å². The molecule has 7 nitrogen and oxygen atoms in total. The Hall–Kier alpha value is -2.19. The minimum Gasteiger partial charge on any atom is -0.293 e. The molecule has 0 saturated heterocycles. The summed E-state index contributed by atoms with van der Waals surface area (Å²) in [7, 11) is 0. The SMILES string of the molecule is CC(C)(C)c1nn2c(SCC(=O)c3ccc(Cl)cc3)nnc2[nH]c1=O. The second-order valence-electron chi connectivity index (χ2n) is 6.49. The number of Topliss-reactive ketones (excluding diaryl/α,β-unsaturated/α-hetero) is 1. The maximum atomic E-state index is 12.3. The number of aromatic nitrogens is 5. The number of halogens is 1. The normalized spacial score (nSPS) is 11.8. The van der Waals surface area contributed by atoms with Crippen molar-refractivity contribution in [3.8, 4) is 0 Å². The second-order valence-corrected chi connectivity index (χ2v) is 7.87. The molecule has 0 saturated carbocycles. The van der Waals surface area contributed by atoms with Crippen LogP contribution in [-0.2, 0) is 5.41 Å². The summed E-state index contributed by atoms with van der Waals surface area (Å²) in [6.45, 7) is 5.70. The maximum absolute atomic E-state index is 12.3. The highest BCUT2D eigenvalue weighted by Gasteiger charge is 2.22. The fourth-order valence-corrected chi connectivity index (χ4v) is 3.07. The number of carbonyl (C=O) groups excluding carboxylic acids is 1. The second kappa shape index (κ2) is 6.61. The number of benzene rings is 1. The van der Waals surface area contributed by atoms with Gasteiger partial charge >= 0.3 is 0 Å². The fraction of sp³-hybridized carbons (Fsp3) is 0.312. The van der Waals surface area contributed by atoms with Crippen molar-refractivity contribution in [2.45, 2.75) is 31.3 Å². The van der Waals surface area contributed by atoms with Gasteiger partial charge in [-0.25, -0.2) is 0 Å². The molecule has 0 bridgehead atoms. The minimum absolute atomic E-state index is 0.0566. The van der Waals surface area contributed by atoms with Crippen molar-refractivity contribution in [2.75, 3.05) is 5.75 Å². The van der Waals surface area contributed by atoms with Gasteiger partial charge in [-0.1, -0.05) is 44.1 Å². The lowest BCUT2D eigenvalue weighted by Crippen LogP contribution is -2.28. The molecule has 3 aromatic rings. The van der Waals surface area contributed by atoms with Crippen molar-refractivity contribution < 1.29 is 4.79 Å². The predicted molar refractivity (Wildman–Crippen MR) is 96.6 cm³/mol. The molecule has 0 spiro atoms. The van der Waals surface area contributed by atoms with Gasteiger partial charge in [-0.05, 0) is 24.3 Å². The number of H-pyrrole nitrogens is 1. The summed E-state index contributed by atoms with van der Waals surface area (Å²) in [5.74, 6) is 0.368. The lowest BCUT2D eigenvalue weighted by atomic mass is 9.93. The van der Waals surface area contributed by atoms with E-state index in [1.165, 1.54) is 16.3 Å². The van der Waals surface area contributed by atoms with Gasteiger partial charge in [0, 0.05) is 16.0 Å². The Morgan fingerprint density at radius 2 is 1.92 bits per heavy atom. The molecule has 130 valence electrons. The summed E-state index contributed by atoms with van der Waals surface area (Å²) in [5.41, 5.74) is 0.238. The number of fused-ring (bicyclic) bond motifs is 1. The monoisotopic (exact) mass is 377 g/mol. The Morgan fingerprint density at radius 1 is 1.24 bits per heavy atom. The Morgan fingerprint density at radius 3 is 2.56 bits per heavy atom. The third-order valence-electron chi connectivity index (χ3n) is 3.46. The van der Waals surface area contributed by atoms with Gasteiger partial charge in [-0.15, -0.1) is 10.2 Å². The van der Waals surface area contributed by atoms with Crippen LogP contribution in [0.25, 0.3) is 5.78 Å². The zero-order chi connectivity index (χ0) is 18.2. The number of aromatic amines is 1. The van der Waals surface area contributed by atoms with Gasteiger partial charge < -0.3 is 0 Å². The van der Waals surface area contributed by atoms with E-state index in [-0.39, 0.29) is 22.9 Å². The lowest BCUT2D eigenvalue weighted by molar-refractivity contribution is 0.102. The third kappa shape index (κ3) is 3.74. The Labute approximate surface area is 152 Å². The summed E-state index contributed by atoms with van der Waals surface area (Å²) >= 11 is 7.04. The van der Waals surface area contributed by atoms with Crippen LogP contribution in [0.1, 0.15) is 36.8 Å². The number of nitrogens with one attached hydrogen (secondary N) is 1. The van der Waals surface area contributed by atoms with Crippen molar-refractivity contribution in [3.63, 3.8) is 0 Å². The third-order valence-corrected chi connectivity index (χ3v) is 4.63. The molecular weight excluding hydrogens is 362 g/mol. The largest absolute Gasteiger partial charge is 0.293 e. The van der Waals surface area contributed by atoms with E-state index in [9.17, 15) is 9.59 Å². The van der Waals surface area contributed by atoms with Crippen LogP contribution in [0, 0.1) is 0 Å². The van der Waals surface area contributed by atoms with Crippen LogP contribution in [-0.4, -0.2) is 36.3 Å². The number of hydrogen-bond acceptors (Lipinski definition) is 6. The molecule has 1 aromatic carbocycles. The minimum atomic E-state index is -0.424. The van der Waals surface area contributed by atoms with Gasteiger partial charge in [0.05, 0.1) is 5.75 Å². The van der Waals surface area contributed by atoms with Gasteiger partial charge in [-0.2, -0.15) is 9.61 Å². The highest BCUT2D eigenvalue weighted by molar-refractivity contribution is 7.99. The summed E-state index contributed by atoms with van der Waals surface area (Å²) in [4.78, 5) is 27.0. The standard InChI is InChI=1S/C16H16ClN5O2S/c1-16(2,3)12-13(24)18-14-19-20-15(22(14)21-12)25-8-11(23)9-4-6-10(17)7-5-9/h4-7H,8H2,1-3H3,(H,18,19,24). The molecule has 0 aliphatic heterocycles. The molecule has 0 unspecified atom stereocenters. The highest BCUT2D eigenvalue weighted by Crippen LogP contribution is 2.20. The molecule has 9 heteroatoms. The molecule has 2 aromatic heterocycles. The topological polar surface area (TPSA) is 93.0 Å². The van der Waals surface area contributed by atoms with Crippen LogP contribution in [0.5, 0.6) is 0 Å². The number of rotatable bonds is 4. The van der Waals surface area contributed by atoms with Crippen LogP contribution in [0.4, 0.5) is 0 Å². The first-order chi connectivity index (χ1) is 11.8. The van der Waals surface area contributed by atoms with Crippen molar-refractivity contribution in [2.24, 2.45) is 0 Å². The lowest BCUT2D eigenvalue weighted by Gasteiger charge is -2.15. The molecule has 0 aliphatic rings. The summed E-state index contributed by atoms with van der Waals surface area (Å²) in [5, 5.41) is 13.3. The zero-order valence-corrected chi connectivity index (χ0v) is 15.5. The smallest absolute Gasteiger partial charge is 0.274 e. The first-order valence-electron chi connectivity index (χ1n) is 7.53. The first-order valence-corrected chi connectivity index (χ1v) is 8.90. The number of carbonyl (C=O) groups is 1. The number of thioether (sulfide) groups is 1. The van der Waals surface area contributed by atoms with Crippen LogP contribution in [0.2, 0.25) is 5.02 Å². The van der Waals surface area contributed by atoms with E-state index in [0.717, 1.165) is 0 Å². The van der Waals surface area contributed by atoms with Gasteiger partial charge in [0.15, 0.2) is 5.78 Å². The number of hydrogen-bond donors (Lipinski definition) is 1. The first kappa shape index (κ1) is 17.6. The van der Waals surface area contributed by atoms with Crippen LogP contribution in [0.15, 0.2) is 34.2 Å². The summed E-state index contributed by atoms with van der Waals surface area (Å²) in [6, 6.07) is 6.71. The molecule has 0 aliphatic carbocycles. The summed E-state index contributed by atoms with van der Waals surface area (Å²) < 4.78 is 1.46. The van der Waals surface area contributed by atoms with E-state index < -0.39 is 5.41 Å². The molecule has 25 heavy (non-hydrogen) atoms. The fourth-order valence-electron chi connectivity index (χ4n) is 2.17. The van der Waals surface area contributed by atoms with E-state index in [0.29, 0.717) is 21.4 Å². The van der Waals surface area contributed by atoms with E-state index in [1.807, 2.05) is 20.8 Å². The predicted octanol–water partition coefficient (Wildman–Crippen LogP) is 2.74. The molecule has 0 radical (unpaired) electrons. The highest BCUT2D eigenvalue weighted by atomic mass is 35.5. The van der Waals surface area contributed by atoms with E-state index in [2.05, 4.69) is 20.3 Å². The maximum Gasteiger partial charge on any atom is 0.274 e. The quantitative estimate of drug-likeness (QED) is 0.555. The molecule has 0 atom stereocenters. The van der Waals surface area contributed by atoms with E-state index in [4.69, 9.17) is 11.6 Å². The molecule has 0 amide bonds. The summed E-state index contributed by atoms with van der Waals surface area (Å²) in [6.07, 6.45) is 0. The zero-order valence-electron chi connectivity index (χ0n) is 13.9. The van der Waals surface area contributed by atoms with Gasteiger partial charge in [0.2, 0.25) is 5.16 Å². The van der Waals surface area contributed by atoms with Crippen molar-refractivity contribution in [3.05, 3.63) is 50.9 Å². The van der Waals surface area contributed by atoms with Crippen LogP contribution in [0.3, 0.4) is 0 Å². The van der Waals surface area contributed by atoms with Crippen LogP contribution >= 0.6 is 23.4 Å². The average molecular weight is 378 g/mol. The molecule has 0 fully saturated rings. The van der Waals surface area contributed by atoms with E-state index >= 15 is 0 Å². The molecule has 2 heterocycles. The van der Waals surface area contributed by atoms with Gasteiger partial charge in [0.1, 0.15) is 5.69 Å². The molecular formula is C16H16ClN5O2S. The van der Waals surface area contributed by atoms with Gasteiger partial charge in [0.25, 0.3) is 11.3 Å². The van der Waals surface area contributed by atoms with Gasteiger partial charge in [-0.3, -0.25) is 14.6 Å². The molecule has 1 N–H and O–H groups in total. The Kier molecular flexibility index (Phi) is 4.66. The van der Waals surface area contributed by atoms with Crippen molar-refractivity contribution in [1.29, 1.82) is 0 Å².